The second-order valence-electron chi connectivity index (χ2n) is 9.17. The van der Waals surface area contributed by atoms with Crippen LogP contribution >= 0.6 is 34.8 Å². The third-order valence-electron chi connectivity index (χ3n) is 6.83. The molecule has 5 rings (SSSR count). The predicted molar refractivity (Wildman–Crippen MR) is 138 cm³/mol. The monoisotopic (exact) mass is 520 g/mol. The molecule has 2 aliphatic heterocycles. The van der Waals surface area contributed by atoms with Crippen LogP contribution in [0, 0.1) is 18.8 Å². The highest BCUT2D eigenvalue weighted by Crippen LogP contribution is 2.35. The van der Waals surface area contributed by atoms with Crippen LogP contribution in [0.15, 0.2) is 30.3 Å². The number of aromatic nitrogens is 2. The smallest absolute Gasteiger partial charge is 0.223 e. The molecule has 0 saturated carbocycles. The number of piperidine rings is 1. The number of carbonyl (C=O) groups excluding carboxylic acids is 1. The lowest BCUT2D eigenvalue weighted by atomic mass is 9.96. The van der Waals surface area contributed by atoms with Crippen LogP contribution in [0.1, 0.15) is 24.8 Å². The Morgan fingerprint density at radius 2 is 1.85 bits per heavy atom. The van der Waals surface area contributed by atoms with E-state index >= 15 is 0 Å². The van der Waals surface area contributed by atoms with Gasteiger partial charge in [-0.2, -0.15) is 0 Å². The Morgan fingerprint density at radius 3 is 2.56 bits per heavy atom. The van der Waals surface area contributed by atoms with Crippen LogP contribution in [0.3, 0.4) is 0 Å². The molecule has 2 aliphatic rings. The van der Waals surface area contributed by atoms with E-state index in [1.807, 2.05) is 31.2 Å². The van der Waals surface area contributed by atoms with Crippen molar-refractivity contribution in [2.24, 2.45) is 11.8 Å². The number of anilines is 1. The number of amides is 1. The molecule has 1 amide bonds. The van der Waals surface area contributed by atoms with Gasteiger partial charge in [-0.25, -0.2) is 4.98 Å². The number of benzene rings is 2. The SMILES string of the molecule is Cc1ccc(-n2c(N3CCC(C(=O)NCC4CCOC4)CC3)nc3cc(Cl)c(Cl)cc32)cc1Cl. The summed E-state index contributed by atoms with van der Waals surface area (Å²) in [6, 6.07) is 9.60. The number of aryl methyl sites for hydroxylation is 1. The summed E-state index contributed by atoms with van der Waals surface area (Å²) in [5.74, 6) is 1.39. The van der Waals surface area contributed by atoms with Crippen LogP contribution in [0.25, 0.3) is 16.7 Å². The van der Waals surface area contributed by atoms with Gasteiger partial charge in [-0.15, -0.1) is 0 Å². The minimum atomic E-state index is 0.00843. The number of imidazole rings is 1. The minimum Gasteiger partial charge on any atom is -0.381 e. The van der Waals surface area contributed by atoms with Crippen molar-refractivity contribution in [1.82, 2.24) is 14.9 Å². The van der Waals surface area contributed by atoms with Crippen molar-refractivity contribution in [2.75, 3.05) is 37.7 Å². The lowest BCUT2D eigenvalue weighted by molar-refractivity contribution is -0.125. The molecular weight excluding hydrogens is 495 g/mol. The predicted octanol–water partition coefficient (Wildman–Crippen LogP) is 5.66. The fraction of sp³-hybridized carbons (Fsp3) is 0.440. The van der Waals surface area contributed by atoms with E-state index in [2.05, 4.69) is 14.8 Å². The highest BCUT2D eigenvalue weighted by atomic mass is 35.5. The fourth-order valence-electron chi connectivity index (χ4n) is 4.72. The molecule has 0 aliphatic carbocycles. The summed E-state index contributed by atoms with van der Waals surface area (Å²) >= 11 is 19.1. The van der Waals surface area contributed by atoms with Crippen molar-refractivity contribution in [3.8, 4) is 5.69 Å². The standard InChI is InChI=1S/C25H27Cl3N4O2/c1-15-2-3-18(10-19(15)26)32-23-12-21(28)20(27)11-22(23)30-25(32)31-7-4-17(5-8-31)24(33)29-13-16-6-9-34-14-16/h2-3,10-12,16-17H,4-9,13-14H2,1H3,(H,29,33). The quantitative estimate of drug-likeness (QED) is 0.470. The second kappa shape index (κ2) is 9.94. The van der Waals surface area contributed by atoms with Gasteiger partial charge >= 0.3 is 0 Å². The number of carbonyl (C=O) groups is 1. The summed E-state index contributed by atoms with van der Waals surface area (Å²) in [5, 5.41) is 4.76. The third-order valence-corrected chi connectivity index (χ3v) is 7.96. The first-order valence-corrected chi connectivity index (χ1v) is 12.8. The first-order valence-electron chi connectivity index (χ1n) is 11.6. The number of rotatable bonds is 5. The van der Waals surface area contributed by atoms with Crippen molar-refractivity contribution >= 4 is 57.7 Å². The Kier molecular flexibility index (Phi) is 6.94. The first-order chi connectivity index (χ1) is 16.4. The lowest BCUT2D eigenvalue weighted by Gasteiger charge is -2.32. The van der Waals surface area contributed by atoms with E-state index in [-0.39, 0.29) is 11.8 Å². The van der Waals surface area contributed by atoms with Crippen molar-refractivity contribution in [3.05, 3.63) is 51.0 Å². The van der Waals surface area contributed by atoms with Gasteiger partial charge in [0, 0.05) is 43.1 Å². The van der Waals surface area contributed by atoms with Gasteiger partial charge in [0.05, 0.1) is 33.4 Å². The zero-order valence-corrected chi connectivity index (χ0v) is 21.3. The van der Waals surface area contributed by atoms with Gasteiger partial charge in [0.2, 0.25) is 11.9 Å². The van der Waals surface area contributed by atoms with Crippen molar-refractivity contribution < 1.29 is 9.53 Å². The Balaban J connectivity index is 1.39. The number of nitrogens with one attached hydrogen (secondary N) is 1. The van der Waals surface area contributed by atoms with E-state index in [0.717, 1.165) is 73.8 Å². The van der Waals surface area contributed by atoms with Crippen LogP contribution in [0.4, 0.5) is 5.95 Å². The Labute approximate surface area is 214 Å². The summed E-state index contributed by atoms with van der Waals surface area (Å²) in [4.78, 5) is 19.9. The fourth-order valence-corrected chi connectivity index (χ4v) is 5.21. The summed E-state index contributed by atoms with van der Waals surface area (Å²) in [5.41, 5.74) is 3.54. The molecule has 1 aromatic heterocycles. The molecule has 2 aromatic carbocycles. The molecule has 1 N–H and O–H groups in total. The van der Waals surface area contributed by atoms with Crippen LogP contribution in [-0.2, 0) is 9.53 Å². The van der Waals surface area contributed by atoms with Gasteiger partial charge in [-0.05, 0) is 56.0 Å². The van der Waals surface area contributed by atoms with Crippen molar-refractivity contribution in [1.29, 1.82) is 0 Å². The van der Waals surface area contributed by atoms with E-state index in [9.17, 15) is 4.79 Å². The van der Waals surface area contributed by atoms with E-state index in [1.54, 1.807) is 6.07 Å². The highest BCUT2D eigenvalue weighted by Gasteiger charge is 2.29. The molecule has 1 atom stereocenters. The molecule has 2 fully saturated rings. The number of fused-ring (bicyclic) bond motifs is 1. The first kappa shape index (κ1) is 23.7. The van der Waals surface area contributed by atoms with E-state index in [1.165, 1.54) is 0 Å². The molecule has 3 heterocycles. The Bertz CT molecular complexity index is 1210. The average Bonchev–Trinajstić information content (AvgIpc) is 3.48. The molecule has 1 unspecified atom stereocenters. The van der Waals surface area contributed by atoms with Gasteiger partial charge in [-0.3, -0.25) is 9.36 Å². The molecule has 0 bridgehead atoms. The lowest BCUT2D eigenvalue weighted by Crippen LogP contribution is -2.42. The maximum Gasteiger partial charge on any atom is 0.223 e. The Hall–Kier alpha value is -1.99. The van der Waals surface area contributed by atoms with E-state index in [4.69, 9.17) is 44.5 Å². The van der Waals surface area contributed by atoms with Gasteiger partial charge in [-0.1, -0.05) is 40.9 Å². The highest BCUT2D eigenvalue weighted by molar-refractivity contribution is 6.42. The van der Waals surface area contributed by atoms with E-state index in [0.29, 0.717) is 27.5 Å². The van der Waals surface area contributed by atoms with Crippen LogP contribution in [-0.4, -0.2) is 48.3 Å². The molecule has 180 valence electrons. The molecular formula is C25H27Cl3N4O2. The summed E-state index contributed by atoms with van der Waals surface area (Å²) in [7, 11) is 0. The second-order valence-corrected chi connectivity index (χ2v) is 10.4. The maximum absolute atomic E-state index is 12.7. The zero-order chi connectivity index (χ0) is 23.8. The van der Waals surface area contributed by atoms with Crippen molar-refractivity contribution in [2.45, 2.75) is 26.2 Å². The molecule has 2 saturated heterocycles. The van der Waals surface area contributed by atoms with Gasteiger partial charge in [0.1, 0.15) is 0 Å². The normalized spacial score (nSPS) is 19.2. The van der Waals surface area contributed by atoms with E-state index < -0.39 is 0 Å². The molecule has 0 spiro atoms. The van der Waals surface area contributed by atoms with Gasteiger partial charge in [0.25, 0.3) is 0 Å². The van der Waals surface area contributed by atoms with Gasteiger partial charge in [0.15, 0.2) is 0 Å². The van der Waals surface area contributed by atoms with Crippen LogP contribution < -0.4 is 10.2 Å². The topological polar surface area (TPSA) is 59.4 Å². The van der Waals surface area contributed by atoms with Crippen LogP contribution in [0.5, 0.6) is 0 Å². The third kappa shape index (κ3) is 4.74. The molecule has 3 aromatic rings. The average molecular weight is 522 g/mol. The summed E-state index contributed by atoms with van der Waals surface area (Å²) in [6.45, 7) is 5.67. The minimum absolute atomic E-state index is 0.00843. The number of halogens is 3. The Morgan fingerprint density at radius 1 is 1.09 bits per heavy atom. The molecule has 6 nitrogen and oxygen atoms in total. The van der Waals surface area contributed by atoms with Crippen LogP contribution in [0.2, 0.25) is 15.1 Å². The molecule has 9 heteroatoms. The molecule has 0 radical (unpaired) electrons. The number of ether oxygens (including phenoxy) is 1. The number of hydrogen-bond acceptors (Lipinski definition) is 4. The summed E-state index contributed by atoms with van der Waals surface area (Å²) < 4.78 is 7.48. The molecule has 34 heavy (non-hydrogen) atoms. The number of nitrogens with zero attached hydrogens (tertiary/aromatic N) is 3. The summed E-state index contributed by atoms with van der Waals surface area (Å²) in [6.07, 6.45) is 2.56. The van der Waals surface area contributed by atoms with Crippen molar-refractivity contribution in [3.63, 3.8) is 0 Å². The maximum atomic E-state index is 12.7. The van der Waals surface area contributed by atoms with Gasteiger partial charge < -0.3 is 15.0 Å². The largest absolute Gasteiger partial charge is 0.381 e. The number of hydrogen-bond donors (Lipinski definition) is 1. The zero-order valence-electron chi connectivity index (χ0n) is 19.0.